The number of imidazole rings is 1. The smallest absolute Gasteiger partial charge is 0.416 e. The Hall–Kier alpha value is -4.14. The molecule has 1 N–H and O–H groups in total. The standard InChI is InChI=1S/C28H25F3N2O4/c1-27(2,26(35)36)37-21-12-5-8-18(16-21)9-7-15-33-23-14-4-3-13-22(23)32-25(33)24(34)19-10-6-11-20(17-19)28(29,30)31/h3-6,8,10-14,16-17H,7,9,15H2,1-2H3,(H,35,36). The average molecular weight is 511 g/mol. The van der Waals surface area contributed by atoms with Crippen LogP contribution in [0.25, 0.3) is 11.0 Å². The Kier molecular flexibility index (Phi) is 7.07. The number of carboxylic acids is 1. The van der Waals surface area contributed by atoms with E-state index >= 15 is 0 Å². The number of rotatable bonds is 9. The molecule has 0 saturated heterocycles. The number of hydrogen-bond acceptors (Lipinski definition) is 4. The van der Waals surface area contributed by atoms with Crippen LogP contribution in [0.15, 0.2) is 72.8 Å². The highest BCUT2D eigenvalue weighted by atomic mass is 19.4. The van der Waals surface area contributed by atoms with Gasteiger partial charge in [-0.3, -0.25) is 4.79 Å². The zero-order valence-electron chi connectivity index (χ0n) is 20.2. The molecule has 1 heterocycles. The first kappa shape index (κ1) is 25.9. The molecule has 6 nitrogen and oxygen atoms in total. The molecule has 4 rings (SSSR count). The number of aryl methyl sites for hydroxylation is 2. The number of carbonyl (C=O) groups is 2. The van der Waals surface area contributed by atoms with Crippen LogP contribution in [0.2, 0.25) is 0 Å². The lowest BCUT2D eigenvalue weighted by molar-refractivity contribution is -0.152. The minimum atomic E-state index is -4.56. The third kappa shape index (κ3) is 5.82. The number of ketones is 1. The summed E-state index contributed by atoms with van der Waals surface area (Å²) >= 11 is 0. The molecule has 4 aromatic rings. The van der Waals surface area contributed by atoms with Crippen LogP contribution >= 0.6 is 0 Å². The first-order chi connectivity index (χ1) is 17.5. The van der Waals surface area contributed by atoms with Crippen LogP contribution in [-0.2, 0) is 23.9 Å². The van der Waals surface area contributed by atoms with E-state index in [1.54, 1.807) is 34.9 Å². The molecule has 3 aromatic carbocycles. The number of para-hydroxylation sites is 2. The van der Waals surface area contributed by atoms with E-state index in [2.05, 4.69) is 4.98 Å². The van der Waals surface area contributed by atoms with Gasteiger partial charge in [-0.1, -0.05) is 36.4 Å². The molecule has 0 spiro atoms. The Morgan fingerprint density at radius 2 is 1.70 bits per heavy atom. The van der Waals surface area contributed by atoms with Gasteiger partial charge in [-0.15, -0.1) is 0 Å². The Labute approximate surface area is 211 Å². The van der Waals surface area contributed by atoms with Gasteiger partial charge in [-0.25, -0.2) is 9.78 Å². The molecule has 192 valence electrons. The van der Waals surface area contributed by atoms with Gasteiger partial charge >= 0.3 is 12.1 Å². The number of carbonyl (C=O) groups excluding carboxylic acids is 1. The van der Waals surface area contributed by atoms with Crippen molar-refractivity contribution in [2.75, 3.05) is 0 Å². The number of fused-ring (bicyclic) bond motifs is 1. The average Bonchev–Trinajstić information content (AvgIpc) is 3.21. The van der Waals surface area contributed by atoms with Gasteiger partial charge < -0.3 is 14.4 Å². The van der Waals surface area contributed by atoms with Crippen molar-refractivity contribution in [3.63, 3.8) is 0 Å². The Morgan fingerprint density at radius 3 is 2.43 bits per heavy atom. The Balaban J connectivity index is 1.57. The van der Waals surface area contributed by atoms with Crippen LogP contribution in [0.5, 0.6) is 5.75 Å². The molecule has 0 radical (unpaired) electrons. The van der Waals surface area contributed by atoms with Crippen molar-refractivity contribution in [1.82, 2.24) is 9.55 Å². The molecular weight excluding hydrogens is 485 g/mol. The largest absolute Gasteiger partial charge is 0.478 e. The fourth-order valence-corrected chi connectivity index (χ4v) is 3.99. The molecule has 0 aliphatic carbocycles. The highest BCUT2D eigenvalue weighted by molar-refractivity contribution is 6.08. The van der Waals surface area contributed by atoms with Crippen molar-refractivity contribution < 1.29 is 32.6 Å². The number of ether oxygens (including phenoxy) is 1. The zero-order valence-corrected chi connectivity index (χ0v) is 20.2. The van der Waals surface area contributed by atoms with Gasteiger partial charge in [0.05, 0.1) is 16.6 Å². The summed E-state index contributed by atoms with van der Waals surface area (Å²) in [4.78, 5) is 29.1. The van der Waals surface area contributed by atoms with Crippen LogP contribution < -0.4 is 4.74 Å². The lowest BCUT2D eigenvalue weighted by Crippen LogP contribution is -2.37. The van der Waals surface area contributed by atoms with E-state index < -0.39 is 29.1 Å². The van der Waals surface area contributed by atoms with Crippen LogP contribution in [0.3, 0.4) is 0 Å². The summed E-state index contributed by atoms with van der Waals surface area (Å²) in [6.07, 6.45) is -3.38. The Bertz CT molecular complexity index is 1460. The first-order valence-electron chi connectivity index (χ1n) is 11.6. The summed E-state index contributed by atoms with van der Waals surface area (Å²) in [5, 5.41) is 9.30. The van der Waals surface area contributed by atoms with E-state index in [4.69, 9.17) is 4.74 Å². The number of aliphatic carboxylic acids is 1. The van der Waals surface area contributed by atoms with E-state index in [-0.39, 0.29) is 11.4 Å². The minimum absolute atomic E-state index is 0.0702. The summed E-state index contributed by atoms with van der Waals surface area (Å²) in [7, 11) is 0. The highest BCUT2D eigenvalue weighted by Gasteiger charge is 2.32. The maximum atomic E-state index is 13.3. The maximum absolute atomic E-state index is 13.3. The summed E-state index contributed by atoms with van der Waals surface area (Å²) in [6.45, 7) is 3.33. The lowest BCUT2D eigenvalue weighted by Gasteiger charge is -2.21. The first-order valence-corrected chi connectivity index (χ1v) is 11.6. The van der Waals surface area contributed by atoms with Crippen LogP contribution in [0.1, 0.15) is 47.6 Å². The maximum Gasteiger partial charge on any atom is 0.416 e. The van der Waals surface area contributed by atoms with Crippen molar-refractivity contribution in [2.24, 2.45) is 0 Å². The molecule has 37 heavy (non-hydrogen) atoms. The van der Waals surface area contributed by atoms with Crippen molar-refractivity contribution in [2.45, 2.75) is 45.0 Å². The number of aromatic nitrogens is 2. The van der Waals surface area contributed by atoms with Gasteiger partial charge in [0, 0.05) is 12.1 Å². The fourth-order valence-electron chi connectivity index (χ4n) is 3.99. The van der Waals surface area contributed by atoms with E-state index in [1.807, 2.05) is 18.2 Å². The van der Waals surface area contributed by atoms with Crippen LogP contribution in [0.4, 0.5) is 13.2 Å². The van der Waals surface area contributed by atoms with Gasteiger partial charge in [0.1, 0.15) is 5.75 Å². The van der Waals surface area contributed by atoms with Crippen molar-refractivity contribution in [3.05, 3.63) is 95.3 Å². The number of nitrogens with zero attached hydrogens (tertiary/aromatic N) is 2. The third-order valence-electron chi connectivity index (χ3n) is 5.94. The van der Waals surface area contributed by atoms with Gasteiger partial charge in [-0.05, 0) is 68.7 Å². The van der Waals surface area contributed by atoms with Gasteiger partial charge in [0.15, 0.2) is 11.4 Å². The Morgan fingerprint density at radius 1 is 0.973 bits per heavy atom. The lowest BCUT2D eigenvalue weighted by atomic mass is 10.1. The van der Waals surface area contributed by atoms with Gasteiger partial charge in [0.2, 0.25) is 5.78 Å². The summed E-state index contributed by atoms with van der Waals surface area (Å²) in [6, 6.07) is 18.6. The topological polar surface area (TPSA) is 81.4 Å². The quantitative estimate of drug-likeness (QED) is 0.273. The molecule has 1 aromatic heterocycles. The number of halogens is 3. The minimum Gasteiger partial charge on any atom is -0.478 e. The molecule has 0 bridgehead atoms. The van der Waals surface area contributed by atoms with E-state index in [1.165, 1.54) is 26.0 Å². The zero-order chi connectivity index (χ0) is 26.8. The third-order valence-corrected chi connectivity index (χ3v) is 5.94. The van der Waals surface area contributed by atoms with Crippen molar-refractivity contribution in [1.29, 1.82) is 0 Å². The van der Waals surface area contributed by atoms with E-state index in [0.29, 0.717) is 36.2 Å². The number of benzene rings is 3. The van der Waals surface area contributed by atoms with Gasteiger partial charge in [0.25, 0.3) is 0 Å². The predicted molar refractivity (Wildman–Crippen MR) is 132 cm³/mol. The van der Waals surface area contributed by atoms with Crippen molar-refractivity contribution >= 4 is 22.8 Å². The fraction of sp³-hybridized carbons (Fsp3) is 0.250. The molecule has 0 unspecified atom stereocenters. The van der Waals surface area contributed by atoms with E-state index in [0.717, 1.165) is 17.7 Å². The normalized spacial score (nSPS) is 12.0. The van der Waals surface area contributed by atoms with Gasteiger partial charge in [-0.2, -0.15) is 13.2 Å². The monoisotopic (exact) mass is 510 g/mol. The van der Waals surface area contributed by atoms with Crippen molar-refractivity contribution in [3.8, 4) is 5.75 Å². The number of carboxylic acid groups (broad SMARTS) is 1. The molecule has 0 atom stereocenters. The summed E-state index contributed by atoms with van der Waals surface area (Å²) in [5.74, 6) is -1.17. The van der Waals surface area contributed by atoms with E-state index in [9.17, 15) is 27.9 Å². The molecule has 0 fully saturated rings. The molecule has 0 amide bonds. The molecular formula is C28H25F3N2O4. The van der Waals surface area contributed by atoms with Crippen LogP contribution in [0, 0.1) is 0 Å². The second kappa shape index (κ2) is 10.1. The number of alkyl halides is 3. The SMILES string of the molecule is CC(C)(Oc1cccc(CCCn2c(C(=O)c3cccc(C(F)(F)F)c3)nc3ccccc32)c1)C(=O)O. The molecule has 0 aliphatic heterocycles. The highest BCUT2D eigenvalue weighted by Crippen LogP contribution is 2.30. The summed E-state index contributed by atoms with van der Waals surface area (Å²) < 4.78 is 46.9. The molecule has 9 heteroatoms. The molecule has 0 saturated carbocycles. The van der Waals surface area contributed by atoms with Crippen LogP contribution in [-0.4, -0.2) is 32.0 Å². The number of hydrogen-bond donors (Lipinski definition) is 1. The second-order valence-corrected chi connectivity index (χ2v) is 9.15. The predicted octanol–water partition coefficient (Wildman–Crippen LogP) is 6.16. The summed E-state index contributed by atoms with van der Waals surface area (Å²) in [5.41, 5.74) is -0.171. The molecule has 0 aliphatic rings. The second-order valence-electron chi connectivity index (χ2n) is 9.15.